The molecule has 1 aromatic carbocycles. The van der Waals surface area contributed by atoms with E-state index >= 15 is 0 Å². The Labute approximate surface area is 82.9 Å². The van der Waals surface area contributed by atoms with Gasteiger partial charge in [0, 0.05) is 6.54 Å². The lowest BCUT2D eigenvalue weighted by molar-refractivity contribution is -0.118. The van der Waals surface area contributed by atoms with E-state index in [1.807, 2.05) is 24.1 Å². The monoisotopic (exact) mass is 194 g/mol. The van der Waals surface area contributed by atoms with E-state index in [0.29, 0.717) is 6.54 Å². The second-order valence-electron chi connectivity index (χ2n) is 3.31. The van der Waals surface area contributed by atoms with Crippen LogP contribution in [0.1, 0.15) is 5.56 Å². The van der Waals surface area contributed by atoms with Crippen molar-refractivity contribution in [3.63, 3.8) is 0 Å². The number of hydrogen-bond acceptors (Lipinski definition) is 3. The predicted molar refractivity (Wildman–Crippen MR) is 53.6 cm³/mol. The molecule has 0 heterocycles. The summed E-state index contributed by atoms with van der Waals surface area (Å²) in [5.74, 6) is -0.0995. The molecule has 0 aliphatic heterocycles. The van der Waals surface area contributed by atoms with Crippen molar-refractivity contribution < 1.29 is 9.90 Å². The lowest BCUT2D eigenvalue weighted by atomic mass is 10.2. The number of likely N-dealkylation sites (N-methyl/N-ethyl adjacent to an activating group) is 1. The zero-order chi connectivity index (χ0) is 10.6. The lowest BCUT2D eigenvalue weighted by Crippen LogP contribution is -2.30. The van der Waals surface area contributed by atoms with Crippen LogP contribution in [0.3, 0.4) is 0 Å². The molecule has 0 aromatic heterocycles. The van der Waals surface area contributed by atoms with Crippen molar-refractivity contribution in [2.24, 2.45) is 5.73 Å². The molecule has 3 N–H and O–H groups in total. The van der Waals surface area contributed by atoms with Gasteiger partial charge in [0.25, 0.3) is 0 Å². The van der Waals surface area contributed by atoms with Crippen molar-refractivity contribution in [1.29, 1.82) is 0 Å². The molecule has 4 nitrogen and oxygen atoms in total. The van der Waals surface area contributed by atoms with Crippen LogP contribution >= 0.6 is 0 Å². The number of phenols is 1. The Kier molecular flexibility index (Phi) is 3.48. The van der Waals surface area contributed by atoms with Gasteiger partial charge in [-0.05, 0) is 24.7 Å². The Morgan fingerprint density at radius 3 is 2.50 bits per heavy atom. The molecule has 4 heteroatoms. The fourth-order valence-electron chi connectivity index (χ4n) is 1.23. The molecule has 0 spiro atoms. The van der Waals surface area contributed by atoms with Gasteiger partial charge in [0.2, 0.25) is 5.91 Å². The molecular weight excluding hydrogens is 180 g/mol. The SMILES string of the molecule is CN(CC(N)=O)Cc1ccc(O)cc1. The van der Waals surface area contributed by atoms with Crippen LogP contribution in [0.2, 0.25) is 0 Å². The molecule has 0 aliphatic rings. The summed E-state index contributed by atoms with van der Waals surface area (Å²) in [6, 6.07) is 6.86. The average molecular weight is 194 g/mol. The lowest BCUT2D eigenvalue weighted by Gasteiger charge is -2.14. The van der Waals surface area contributed by atoms with Crippen LogP contribution in [0.15, 0.2) is 24.3 Å². The van der Waals surface area contributed by atoms with Crippen LogP contribution in [-0.4, -0.2) is 29.5 Å². The van der Waals surface area contributed by atoms with E-state index in [1.54, 1.807) is 12.1 Å². The number of phenolic OH excluding ortho intramolecular Hbond substituents is 1. The highest BCUT2D eigenvalue weighted by Crippen LogP contribution is 2.10. The van der Waals surface area contributed by atoms with Gasteiger partial charge in [-0.1, -0.05) is 12.1 Å². The van der Waals surface area contributed by atoms with E-state index in [9.17, 15) is 4.79 Å². The van der Waals surface area contributed by atoms with E-state index in [2.05, 4.69) is 0 Å². The molecule has 0 atom stereocenters. The van der Waals surface area contributed by atoms with Gasteiger partial charge in [-0.2, -0.15) is 0 Å². The minimum Gasteiger partial charge on any atom is -0.508 e. The molecule has 0 saturated carbocycles. The summed E-state index contributed by atoms with van der Waals surface area (Å²) in [5.41, 5.74) is 6.08. The van der Waals surface area contributed by atoms with Crippen LogP contribution in [0, 0.1) is 0 Å². The summed E-state index contributed by atoms with van der Waals surface area (Å²) in [6.45, 7) is 0.879. The molecule has 1 amide bonds. The van der Waals surface area contributed by atoms with Crippen LogP contribution < -0.4 is 5.73 Å². The number of hydrogen-bond donors (Lipinski definition) is 2. The number of primary amides is 1. The normalized spacial score (nSPS) is 10.4. The summed E-state index contributed by atoms with van der Waals surface area (Å²) >= 11 is 0. The van der Waals surface area contributed by atoms with Crippen LogP contribution in [-0.2, 0) is 11.3 Å². The molecule has 0 saturated heterocycles. The van der Waals surface area contributed by atoms with Gasteiger partial charge in [-0.15, -0.1) is 0 Å². The first-order valence-corrected chi connectivity index (χ1v) is 4.32. The summed E-state index contributed by atoms with van der Waals surface area (Å²) < 4.78 is 0. The second kappa shape index (κ2) is 4.62. The summed E-state index contributed by atoms with van der Waals surface area (Å²) in [6.07, 6.45) is 0. The van der Waals surface area contributed by atoms with Crippen molar-refractivity contribution in [2.45, 2.75) is 6.54 Å². The molecule has 0 fully saturated rings. The van der Waals surface area contributed by atoms with Gasteiger partial charge in [0.15, 0.2) is 0 Å². The molecular formula is C10H14N2O2. The van der Waals surface area contributed by atoms with Crippen LogP contribution in [0.4, 0.5) is 0 Å². The van der Waals surface area contributed by atoms with E-state index in [0.717, 1.165) is 5.56 Å². The van der Waals surface area contributed by atoms with Crippen molar-refractivity contribution in [3.05, 3.63) is 29.8 Å². The molecule has 0 unspecified atom stereocenters. The quantitative estimate of drug-likeness (QED) is 0.725. The maximum absolute atomic E-state index is 10.6. The second-order valence-corrected chi connectivity index (χ2v) is 3.31. The van der Waals surface area contributed by atoms with E-state index in [1.165, 1.54) is 0 Å². The molecule has 14 heavy (non-hydrogen) atoms. The maximum Gasteiger partial charge on any atom is 0.231 e. The standard InChI is InChI=1S/C10H14N2O2/c1-12(7-10(11)14)6-8-2-4-9(13)5-3-8/h2-5,13H,6-7H2,1H3,(H2,11,14). The van der Waals surface area contributed by atoms with Gasteiger partial charge in [0.05, 0.1) is 6.54 Å². The Morgan fingerprint density at radius 1 is 1.43 bits per heavy atom. The predicted octanol–water partition coefficient (Wildman–Crippen LogP) is 0.309. The van der Waals surface area contributed by atoms with E-state index in [-0.39, 0.29) is 18.2 Å². The minimum absolute atomic E-state index is 0.237. The van der Waals surface area contributed by atoms with Crippen LogP contribution in [0.5, 0.6) is 5.75 Å². The third kappa shape index (κ3) is 3.45. The molecule has 0 aliphatic carbocycles. The Hall–Kier alpha value is -1.55. The summed E-state index contributed by atoms with van der Waals surface area (Å²) in [7, 11) is 1.82. The highest BCUT2D eigenvalue weighted by Gasteiger charge is 2.03. The molecule has 76 valence electrons. The molecule has 0 bridgehead atoms. The Bertz CT molecular complexity index is 308. The van der Waals surface area contributed by atoms with Gasteiger partial charge in [-0.3, -0.25) is 9.69 Å². The molecule has 1 rings (SSSR count). The third-order valence-electron chi connectivity index (χ3n) is 1.81. The smallest absolute Gasteiger partial charge is 0.231 e. The summed E-state index contributed by atoms with van der Waals surface area (Å²) in [4.78, 5) is 12.4. The van der Waals surface area contributed by atoms with Gasteiger partial charge in [0.1, 0.15) is 5.75 Å². The number of benzene rings is 1. The Morgan fingerprint density at radius 2 is 2.00 bits per heavy atom. The topological polar surface area (TPSA) is 66.6 Å². The van der Waals surface area contributed by atoms with Crippen molar-refractivity contribution in [1.82, 2.24) is 4.90 Å². The Balaban J connectivity index is 2.51. The highest BCUT2D eigenvalue weighted by atomic mass is 16.3. The maximum atomic E-state index is 10.6. The van der Waals surface area contributed by atoms with Crippen molar-refractivity contribution in [2.75, 3.05) is 13.6 Å². The zero-order valence-corrected chi connectivity index (χ0v) is 8.10. The minimum atomic E-state index is -0.341. The average Bonchev–Trinajstić information content (AvgIpc) is 2.07. The van der Waals surface area contributed by atoms with Gasteiger partial charge < -0.3 is 10.8 Å². The zero-order valence-electron chi connectivity index (χ0n) is 8.10. The first-order chi connectivity index (χ1) is 6.58. The van der Waals surface area contributed by atoms with E-state index < -0.39 is 0 Å². The number of carbonyl (C=O) groups excluding carboxylic acids is 1. The fourth-order valence-corrected chi connectivity index (χ4v) is 1.23. The number of nitrogens with two attached hydrogens (primary N) is 1. The first kappa shape index (κ1) is 10.5. The third-order valence-corrected chi connectivity index (χ3v) is 1.81. The van der Waals surface area contributed by atoms with Gasteiger partial charge in [-0.25, -0.2) is 0 Å². The first-order valence-electron chi connectivity index (χ1n) is 4.32. The number of aromatic hydroxyl groups is 1. The molecule has 0 radical (unpaired) electrons. The van der Waals surface area contributed by atoms with E-state index in [4.69, 9.17) is 10.8 Å². The number of rotatable bonds is 4. The highest BCUT2D eigenvalue weighted by molar-refractivity contribution is 5.75. The van der Waals surface area contributed by atoms with Crippen molar-refractivity contribution in [3.8, 4) is 5.75 Å². The largest absolute Gasteiger partial charge is 0.508 e. The summed E-state index contributed by atoms with van der Waals surface area (Å²) in [5, 5.41) is 9.05. The number of carbonyl (C=O) groups is 1. The van der Waals surface area contributed by atoms with Gasteiger partial charge >= 0.3 is 0 Å². The fraction of sp³-hybridized carbons (Fsp3) is 0.300. The van der Waals surface area contributed by atoms with Crippen molar-refractivity contribution >= 4 is 5.91 Å². The molecule has 1 aromatic rings. The van der Waals surface area contributed by atoms with Crippen LogP contribution in [0.25, 0.3) is 0 Å². The number of amides is 1. The number of nitrogens with zero attached hydrogens (tertiary/aromatic N) is 1.